The van der Waals surface area contributed by atoms with E-state index in [0.717, 1.165) is 29.2 Å². The summed E-state index contributed by atoms with van der Waals surface area (Å²) in [6.45, 7) is 1.32. The lowest BCUT2D eigenvalue weighted by atomic mass is 10.0. The molecule has 1 unspecified atom stereocenters. The van der Waals surface area contributed by atoms with E-state index in [9.17, 15) is 4.39 Å². The third-order valence-corrected chi connectivity index (χ3v) is 3.44. The second kappa shape index (κ2) is 6.10. The number of nitrogens with one attached hydrogen (secondary N) is 1. The fourth-order valence-corrected chi connectivity index (χ4v) is 2.40. The lowest BCUT2D eigenvalue weighted by Crippen LogP contribution is -2.19. The Kier molecular flexibility index (Phi) is 4.01. The summed E-state index contributed by atoms with van der Waals surface area (Å²) in [5.74, 6) is 1.16. The van der Waals surface area contributed by atoms with Gasteiger partial charge in [0.25, 0.3) is 0 Å². The maximum Gasteiger partial charge on any atom is 0.161 e. The van der Waals surface area contributed by atoms with Crippen molar-refractivity contribution in [1.29, 1.82) is 0 Å². The average molecular weight is 288 g/mol. The van der Waals surface area contributed by atoms with E-state index in [1.54, 1.807) is 6.07 Å². The summed E-state index contributed by atoms with van der Waals surface area (Å²) < 4.78 is 24.3. The minimum absolute atomic E-state index is 0.122. The van der Waals surface area contributed by atoms with Gasteiger partial charge in [-0.15, -0.1) is 0 Å². The molecular weight excluding hydrogens is 271 g/mol. The summed E-state index contributed by atoms with van der Waals surface area (Å²) >= 11 is 0. The average Bonchev–Trinajstić information content (AvgIpc) is 2.75. The number of benzene rings is 1. The van der Waals surface area contributed by atoms with Crippen molar-refractivity contribution in [2.45, 2.75) is 12.5 Å². The van der Waals surface area contributed by atoms with Crippen LogP contribution < -0.4 is 14.8 Å². The number of hydrogen-bond acceptors (Lipinski definition) is 4. The number of fused-ring (bicyclic) bond motifs is 1. The van der Waals surface area contributed by atoms with Crippen LogP contribution in [0.25, 0.3) is 0 Å². The molecule has 0 saturated heterocycles. The zero-order chi connectivity index (χ0) is 14.7. The van der Waals surface area contributed by atoms with Crippen LogP contribution in [-0.4, -0.2) is 25.2 Å². The van der Waals surface area contributed by atoms with Crippen LogP contribution in [-0.2, 0) is 0 Å². The highest BCUT2D eigenvalue weighted by Crippen LogP contribution is 2.33. The van der Waals surface area contributed by atoms with E-state index in [0.29, 0.717) is 13.2 Å². The van der Waals surface area contributed by atoms with Gasteiger partial charge in [0, 0.05) is 6.42 Å². The molecule has 2 aromatic rings. The lowest BCUT2D eigenvalue weighted by Gasteiger charge is -2.18. The quantitative estimate of drug-likeness (QED) is 0.943. The molecule has 0 saturated carbocycles. The predicted octanol–water partition coefficient (Wildman–Crippen LogP) is 2.69. The molecule has 110 valence electrons. The van der Waals surface area contributed by atoms with Crippen LogP contribution in [0.3, 0.4) is 0 Å². The minimum atomic E-state index is -0.340. The summed E-state index contributed by atoms with van der Waals surface area (Å²) in [4.78, 5) is 4.15. The molecule has 4 nitrogen and oxygen atoms in total. The number of halogens is 1. The molecule has 1 aliphatic rings. The first-order valence-electron chi connectivity index (χ1n) is 6.96. The molecule has 1 N–H and O–H groups in total. The van der Waals surface area contributed by atoms with Crippen LogP contribution in [0.15, 0.2) is 36.5 Å². The highest BCUT2D eigenvalue weighted by molar-refractivity contribution is 5.45. The standard InChI is InChI=1S/C16H17FN2O2/c1-18-16(13-5-4-12(17)10-19-13)11-3-6-14-15(9-11)21-8-2-7-20-14/h3-6,9-10,16,18H,2,7-8H2,1H3. The van der Waals surface area contributed by atoms with Crippen LogP contribution in [0.2, 0.25) is 0 Å². The van der Waals surface area contributed by atoms with Crippen LogP contribution in [0.1, 0.15) is 23.7 Å². The summed E-state index contributed by atoms with van der Waals surface area (Å²) in [5, 5.41) is 3.20. The summed E-state index contributed by atoms with van der Waals surface area (Å²) in [6.07, 6.45) is 2.10. The van der Waals surface area contributed by atoms with Crippen LogP contribution >= 0.6 is 0 Å². The van der Waals surface area contributed by atoms with Crippen molar-refractivity contribution in [2.24, 2.45) is 0 Å². The third-order valence-electron chi connectivity index (χ3n) is 3.44. The molecule has 0 bridgehead atoms. The molecule has 2 heterocycles. The minimum Gasteiger partial charge on any atom is -0.490 e. The van der Waals surface area contributed by atoms with Crippen molar-refractivity contribution in [2.75, 3.05) is 20.3 Å². The van der Waals surface area contributed by atoms with Gasteiger partial charge in [0.2, 0.25) is 0 Å². The molecule has 1 aliphatic heterocycles. The van der Waals surface area contributed by atoms with Gasteiger partial charge in [-0.1, -0.05) is 6.07 Å². The maximum atomic E-state index is 13.0. The van der Waals surface area contributed by atoms with Crippen molar-refractivity contribution >= 4 is 0 Å². The summed E-state index contributed by atoms with van der Waals surface area (Å²) in [5.41, 5.74) is 1.76. The first-order chi connectivity index (χ1) is 10.3. The molecule has 3 rings (SSSR count). The monoisotopic (exact) mass is 288 g/mol. The third kappa shape index (κ3) is 2.97. The Balaban J connectivity index is 1.93. The van der Waals surface area contributed by atoms with Crippen LogP contribution in [0.4, 0.5) is 4.39 Å². The molecular formula is C16H17FN2O2. The van der Waals surface area contributed by atoms with Crippen molar-refractivity contribution in [1.82, 2.24) is 10.3 Å². The fraction of sp³-hybridized carbons (Fsp3) is 0.312. The number of nitrogens with zero attached hydrogens (tertiary/aromatic N) is 1. The molecule has 0 spiro atoms. The molecule has 21 heavy (non-hydrogen) atoms. The number of aromatic nitrogens is 1. The highest BCUT2D eigenvalue weighted by Gasteiger charge is 2.17. The molecule has 0 amide bonds. The van der Waals surface area contributed by atoms with Crippen molar-refractivity contribution in [3.05, 3.63) is 53.6 Å². The van der Waals surface area contributed by atoms with Gasteiger partial charge in [-0.25, -0.2) is 4.39 Å². The van der Waals surface area contributed by atoms with Gasteiger partial charge in [-0.05, 0) is 36.9 Å². The number of pyridine rings is 1. The maximum absolute atomic E-state index is 13.0. The number of hydrogen-bond donors (Lipinski definition) is 1. The van der Waals surface area contributed by atoms with Gasteiger partial charge in [-0.3, -0.25) is 4.98 Å². The Hall–Kier alpha value is -2.14. The zero-order valence-electron chi connectivity index (χ0n) is 11.8. The van der Waals surface area contributed by atoms with Gasteiger partial charge in [0.05, 0.1) is 31.1 Å². The smallest absolute Gasteiger partial charge is 0.161 e. The Labute approximate surface area is 122 Å². The topological polar surface area (TPSA) is 43.4 Å². The van der Waals surface area contributed by atoms with Gasteiger partial charge in [-0.2, -0.15) is 0 Å². The fourth-order valence-electron chi connectivity index (χ4n) is 2.40. The Morgan fingerprint density at radius 1 is 1.14 bits per heavy atom. The van der Waals surface area contributed by atoms with Crippen molar-refractivity contribution in [3.63, 3.8) is 0 Å². The van der Waals surface area contributed by atoms with Gasteiger partial charge >= 0.3 is 0 Å². The first-order valence-corrected chi connectivity index (χ1v) is 6.96. The van der Waals surface area contributed by atoms with E-state index in [4.69, 9.17) is 9.47 Å². The molecule has 0 fully saturated rings. The number of ether oxygens (including phenoxy) is 2. The first kappa shape index (κ1) is 13.8. The molecule has 1 aromatic carbocycles. The largest absolute Gasteiger partial charge is 0.490 e. The van der Waals surface area contributed by atoms with E-state index >= 15 is 0 Å². The SMILES string of the molecule is CNC(c1ccc2c(c1)OCCCO2)c1ccc(F)cn1. The highest BCUT2D eigenvalue weighted by atomic mass is 19.1. The second-order valence-electron chi connectivity index (χ2n) is 4.88. The Morgan fingerprint density at radius 2 is 1.95 bits per heavy atom. The van der Waals surface area contributed by atoms with Crippen molar-refractivity contribution in [3.8, 4) is 11.5 Å². The molecule has 0 aliphatic carbocycles. The normalized spacial score (nSPS) is 15.3. The van der Waals surface area contributed by atoms with E-state index in [1.165, 1.54) is 12.3 Å². The van der Waals surface area contributed by atoms with Gasteiger partial charge in [0.15, 0.2) is 11.5 Å². The van der Waals surface area contributed by atoms with Crippen molar-refractivity contribution < 1.29 is 13.9 Å². The molecule has 5 heteroatoms. The Morgan fingerprint density at radius 3 is 2.67 bits per heavy atom. The summed E-state index contributed by atoms with van der Waals surface area (Å²) in [7, 11) is 1.85. The van der Waals surface area contributed by atoms with E-state index in [-0.39, 0.29) is 11.9 Å². The number of rotatable bonds is 3. The van der Waals surface area contributed by atoms with Crippen LogP contribution in [0.5, 0.6) is 11.5 Å². The van der Waals surface area contributed by atoms with E-state index in [1.807, 2.05) is 25.2 Å². The van der Waals surface area contributed by atoms with E-state index in [2.05, 4.69) is 10.3 Å². The Bertz CT molecular complexity index is 616. The predicted molar refractivity (Wildman–Crippen MR) is 77.1 cm³/mol. The van der Waals surface area contributed by atoms with E-state index < -0.39 is 0 Å². The summed E-state index contributed by atoms with van der Waals surface area (Å²) in [6, 6.07) is 8.80. The zero-order valence-corrected chi connectivity index (χ0v) is 11.8. The second-order valence-corrected chi connectivity index (χ2v) is 4.88. The lowest BCUT2D eigenvalue weighted by molar-refractivity contribution is 0.297. The van der Waals surface area contributed by atoms with Crippen LogP contribution in [0, 0.1) is 5.82 Å². The molecule has 1 atom stereocenters. The molecule has 1 aromatic heterocycles. The van der Waals surface area contributed by atoms with Gasteiger partial charge in [0.1, 0.15) is 5.82 Å². The van der Waals surface area contributed by atoms with Gasteiger partial charge < -0.3 is 14.8 Å². The molecule has 0 radical (unpaired) electrons.